The van der Waals surface area contributed by atoms with E-state index in [1.165, 1.54) is 30.5 Å². The molecule has 0 heterocycles. The molecule has 0 saturated heterocycles. The Kier molecular flexibility index (Phi) is 6.94. The van der Waals surface area contributed by atoms with Gasteiger partial charge in [0.15, 0.2) is 0 Å². The van der Waals surface area contributed by atoms with Crippen molar-refractivity contribution < 1.29 is 13.2 Å². The van der Waals surface area contributed by atoms with Crippen molar-refractivity contribution in [2.24, 2.45) is 5.10 Å². The topological polar surface area (TPSA) is 90.9 Å². The summed E-state index contributed by atoms with van der Waals surface area (Å²) in [5.41, 5.74) is 4.80. The fourth-order valence-electron chi connectivity index (χ4n) is 2.63. The van der Waals surface area contributed by atoms with E-state index in [0.29, 0.717) is 10.7 Å². The van der Waals surface area contributed by atoms with Crippen LogP contribution in [0.3, 0.4) is 0 Å². The molecule has 0 unspecified atom stereocenters. The van der Waals surface area contributed by atoms with E-state index in [-0.39, 0.29) is 10.5 Å². The van der Waals surface area contributed by atoms with Crippen LogP contribution in [0.5, 0.6) is 0 Å². The molecule has 2 N–H and O–H groups in total. The molecule has 3 aromatic rings. The minimum atomic E-state index is -3.87. The van der Waals surface area contributed by atoms with Crippen LogP contribution in [0.15, 0.2) is 82.8 Å². The van der Waals surface area contributed by atoms with Crippen LogP contribution in [0.1, 0.15) is 15.9 Å². The van der Waals surface area contributed by atoms with E-state index in [1.807, 2.05) is 43.3 Å². The molecule has 160 valence electrons. The smallest absolute Gasteiger partial charge is 0.271 e. The van der Waals surface area contributed by atoms with E-state index in [0.717, 1.165) is 11.3 Å². The van der Waals surface area contributed by atoms with Crippen molar-refractivity contribution in [1.29, 1.82) is 0 Å². The number of carbonyl (C=O) groups is 1. The quantitative estimate of drug-likeness (QED) is 0.415. The number of hydrogen-bond donors (Lipinski definition) is 2. The average molecular weight is 457 g/mol. The van der Waals surface area contributed by atoms with Crippen molar-refractivity contribution >= 4 is 45.1 Å². The van der Waals surface area contributed by atoms with E-state index in [4.69, 9.17) is 11.6 Å². The van der Waals surface area contributed by atoms with Gasteiger partial charge in [-0.25, -0.2) is 13.8 Å². The number of nitrogens with zero attached hydrogens (tertiary/aromatic N) is 2. The van der Waals surface area contributed by atoms with Gasteiger partial charge in [-0.05, 0) is 60.2 Å². The van der Waals surface area contributed by atoms with Crippen molar-refractivity contribution in [3.63, 3.8) is 0 Å². The largest absolute Gasteiger partial charge is 0.378 e. The lowest BCUT2D eigenvalue weighted by Crippen LogP contribution is -2.19. The SMILES string of the molecule is CN(C)c1ccc(/C=N/NC(=O)c2cccc(S(=O)(=O)Nc3ccc(Cl)cc3)c2)cc1. The van der Waals surface area contributed by atoms with Crippen molar-refractivity contribution in [3.05, 3.63) is 88.9 Å². The zero-order valence-electron chi connectivity index (χ0n) is 16.9. The van der Waals surface area contributed by atoms with Gasteiger partial charge in [0, 0.05) is 36.1 Å². The summed E-state index contributed by atoms with van der Waals surface area (Å²) in [6.07, 6.45) is 1.51. The fourth-order valence-corrected chi connectivity index (χ4v) is 3.86. The Morgan fingerprint density at radius 2 is 1.68 bits per heavy atom. The number of rotatable bonds is 7. The molecule has 3 rings (SSSR count). The Morgan fingerprint density at radius 1 is 1.00 bits per heavy atom. The van der Waals surface area contributed by atoms with Crippen LogP contribution >= 0.6 is 11.6 Å². The molecule has 0 aromatic heterocycles. The fraction of sp³-hybridized carbons (Fsp3) is 0.0909. The molecule has 0 aliphatic rings. The monoisotopic (exact) mass is 456 g/mol. The van der Waals surface area contributed by atoms with Crippen LogP contribution in [-0.2, 0) is 10.0 Å². The van der Waals surface area contributed by atoms with Gasteiger partial charge >= 0.3 is 0 Å². The number of hydrazone groups is 1. The molecule has 0 fully saturated rings. The molecule has 1 amide bonds. The number of halogens is 1. The molecule has 0 aliphatic carbocycles. The normalized spacial score (nSPS) is 11.3. The Hall–Kier alpha value is -3.36. The van der Waals surface area contributed by atoms with Crippen LogP contribution in [0.25, 0.3) is 0 Å². The highest BCUT2D eigenvalue weighted by molar-refractivity contribution is 7.92. The molecule has 0 atom stereocenters. The first-order valence-electron chi connectivity index (χ1n) is 9.24. The molecule has 0 saturated carbocycles. The number of amides is 1. The standard InChI is InChI=1S/C22H21ClN4O3S/c1-27(2)20-12-6-16(7-13-20)15-24-25-22(28)17-4-3-5-21(14-17)31(29,30)26-19-10-8-18(23)9-11-19/h3-15,26H,1-2H3,(H,25,28)/b24-15+. The summed E-state index contributed by atoms with van der Waals surface area (Å²) in [6.45, 7) is 0. The second-order valence-electron chi connectivity index (χ2n) is 6.83. The van der Waals surface area contributed by atoms with E-state index in [9.17, 15) is 13.2 Å². The third-order valence-electron chi connectivity index (χ3n) is 4.29. The first-order chi connectivity index (χ1) is 14.7. The maximum atomic E-state index is 12.6. The second-order valence-corrected chi connectivity index (χ2v) is 8.94. The van der Waals surface area contributed by atoms with Gasteiger partial charge < -0.3 is 4.90 Å². The zero-order chi connectivity index (χ0) is 22.4. The summed E-state index contributed by atoms with van der Waals surface area (Å²) in [5.74, 6) is -0.523. The number of sulfonamides is 1. The van der Waals surface area contributed by atoms with Crippen molar-refractivity contribution in [1.82, 2.24) is 5.43 Å². The van der Waals surface area contributed by atoms with Crippen LogP contribution in [-0.4, -0.2) is 34.6 Å². The minimum absolute atomic E-state index is 0.0432. The Bertz CT molecular complexity index is 1190. The summed E-state index contributed by atoms with van der Waals surface area (Å²) in [4.78, 5) is 14.3. The van der Waals surface area contributed by atoms with Crippen LogP contribution in [0.2, 0.25) is 5.02 Å². The second kappa shape index (κ2) is 9.63. The molecule has 0 radical (unpaired) electrons. The van der Waals surface area contributed by atoms with Crippen molar-refractivity contribution in [3.8, 4) is 0 Å². The van der Waals surface area contributed by atoms with Gasteiger partial charge in [-0.3, -0.25) is 9.52 Å². The summed E-state index contributed by atoms with van der Waals surface area (Å²) in [7, 11) is 0.0217. The lowest BCUT2D eigenvalue weighted by Gasteiger charge is -2.11. The lowest BCUT2D eigenvalue weighted by molar-refractivity contribution is 0.0955. The number of hydrogen-bond acceptors (Lipinski definition) is 5. The van der Waals surface area contributed by atoms with E-state index in [1.54, 1.807) is 24.3 Å². The van der Waals surface area contributed by atoms with Gasteiger partial charge in [-0.2, -0.15) is 5.10 Å². The molecule has 0 bridgehead atoms. The molecule has 9 heteroatoms. The van der Waals surface area contributed by atoms with Gasteiger partial charge in [0.1, 0.15) is 0 Å². The summed E-state index contributed by atoms with van der Waals surface area (Å²) < 4.78 is 27.7. The first-order valence-corrected chi connectivity index (χ1v) is 11.1. The highest BCUT2D eigenvalue weighted by atomic mass is 35.5. The number of nitrogens with one attached hydrogen (secondary N) is 2. The Labute approximate surface area is 186 Å². The van der Waals surface area contributed by atoms with Gasteiger partial charge in [0.05, 0.1) is 11.1 Å². The molecule has 0 aliphatic heterocycles. The van der Waals surface area contributed by atoms with Crippen LogP contribution in [0, 0.1) is 0 Å². The Balaban J connectivity index is 1.68. The third kappa shape index (κ3) is 6.07. The maximum Gasteiger partial charge on any atom is 0.271 e. The van der Waals surface area contributed by atoms with Gasteiger partial charge in [-0.15, -0.1) is 0 Å². The Morgan fingerprint density at radius 3 is 2.32 bits per heavy atom. The zero-order valence-corrected chi connectivity index (χ0v) is 18.5. The van der Waals surface area contributed by atoms with Crippen LogP contribution in [0.4, 0.5) is 11.4 Å². The highest BCUT2D eigenvalue weighted by Crippen LogP contribution is 2.19. The van der Waals surface area contributed by atoms with E-state index >= 15 is 0 Å². The van der Waals surface area contributed by atoms with Gasteiger partial charge in [-0.1, -0.05) is 29.8 Å². The molecule has 0 spiro atoms. The van der Waals surface area contributed by atoms with Gasteiger partial charge in [0.2, 0.25) is 0 Å². The van der Waals surface area contributed by atoms with Crippen molar-refractivity contribution in [2.45, 2.75) is 4.90 Å². The van der Waals surface area contributed by atoms with E-state index in [2.05, 4.69) is 15.2 Å². The number of anilines is 2. The third-order valence-corrected chi connectivity index (χ3v) is 5.92. The van der Waals surface area contributed by atoms with E-state index < -0.39 is 15.9 Å². The summed E-state index contributed by atoms with van der Waals surface area (Å²) in [6, 6.07) is 19.6. The highest BCUT2D eigenvalue weighted by Gasteiger charge is 2.16. The predicted octanol–water partition coefficient (Wildman–Crippen LogP) is 3.97. The number of benzene rings is 3. The molecule has 31 heavy (non-hydrogen) atoms. The molecule has 3 aromatic carbocycles. The lowest BCUT2D eigenvalue weighted by atomic mass is 10.2. The maximum absolute atomic E-state index is 12.6. The molecular formula is C22H21ClN4O3S. The summed E-state index contributed by atoms with van der Waals surface area (Å²) in [5, 5.41) is 4.44. The summed E-state index contributed by atoms with van der Waals surface area (Å²) >= 11 is 5.82. The first kappa shape index (κ1) is 22.3. The minimum Gasteiger partial charge on any atom is -0.378 e. The van der Waals surface area contributed by atoms with Gasteiger partial charge in [0.25, 0.3) is 15.9 Å². The number of carbonyl (C=O) groups excluding carboxylic acids is 1. The average Bonchev–Trinajstić information content (AvgIpc) is 2.75. The molecular weight excluding hydrogens is 436 g/mol. The molecule has 7 nitrogen and oxygen atoms in total. The predicted molar refractivity (Wildman–Crippen MR) is 125 cm³/mol. The van der Waals surface area contributed by atoms with Crippen LogP contribution < -0.4 is 15.0 Å². The van der Waals surface area contributed by atoms with Crippen molar-refractivity contribution in [2.75, 3.05) is 23.7 Å².